The summed E-state index contributed by atoms with van der Waals surface area (Å²) in [5.74, 6) is 5.37. The van der Waals surface area contributed by atoms with E-state index in [-0.39, 0.29) is 12.1 Å². The second-order valence-electron chi connectivity index (χ2n) is 3.38. The van der Waals surface area contributed by atoms with Gasteiger partial charge in [-0.05, 0) is 26.7 Å². The molecule has 1 unspecified atom stereocenters. The fourth-order valence-electron chi connectivity index (χ4n) is 0.997. The average Bonchev–Trinajstić information content (AvgIpc) is 2.10. The minimum Gasteiger partial charge on any atom is -0.385 e. The monoisotopic (exact) mass is 190 g/mol. The zero-order valence-electron chi connectivity index (χ0n) is 8.88. The molecular weight excluding hydrogens is 168 g/mol. The van der Waals surface area contributed by atoms with Crippen molar-refractivity contribution in [3.8, 4) is 0 Å². The molecule has 0 aliphatic rings. The standard InChI is InChI=1S/C9H22N2O2/c1-8(2)13-7-9(11-10)5-4-6-12-3/h8-9,11H,4-7,10H2,1-3H3. The van der Waals surface area contributed by atoms with Crippen LogP contribution < -0.4 is 11.3 Å². The molecule has 0 rings (SSSR count). The maximum Gasteiger partial charge on any atom is 0.0636 e. The number of ether oxygens (including phenoxy) is 2. The third kappa shape index (κ3) is 8.18. The van der Waals surface area contributed by atoms with E-state index in [1.807, 2.05) is 13.8 Å². The first-order valence-electron chi connectivity index (χ1n) is 4.77. The molecule has 0 aliphatic heterocycles. The van der Waals surface area contributed by atoms with Crippen LogP contribution in [0.1, 0.15) is 26.7 Å². The number of hydrazine groups is 1. The van der Waals surface area contributed by atoms with Gasteiger partial charge >= 0.3 is 0 Å². The number of rotatable bonds is 8. The van der Waals surface area contributed by atoms with Crippen molar-refractivity contribution in [3.05, 3.63) is 0 Å². The van der Waals surface area contributed by atoms with Gasteiger partial charge in [0.2, 0.25) is 0 Å². The molecule has 0 fully saturated rings. The van der Waals surface area contributed by atoms with Gasteiger partial charge < -0.3 is 9.47 Å². The summed E-state index contributed by atoms with van der Waals surface area (Å²) in [7, 11) is 1.70. The van der Waals surface area contributed by atoms with Crippen molar-refractivity contribution in [2.75, 3.05) is 20.3 Å². The van der Waals surface area contributed by atoms with Crippen LogP contribution in [-0.4, -0.2) is 32.5 Å². The van der Waals surface area contributed by atoms with E-state index in [9.17, 15) is 0 Å². The lowest BCUT2D eigenvalue weighted by Crippen LogP contribution is -2.39. The summed E-state index contributed by atoms with van der Waals surface area (Å²) in [5, 5.41) is 0. The number of methoxy groups -OCH3 is 1. The zero-order chi connectivity index (χ0) is 10.1. The van der Waals surface area contributed by atoms with E-state index >= 15 is 0 Å². The molecule has 0 radical (unpaired) electrons. The Hall–Kier alpha value is -0.160. The number of hydrogen-bond acceptors (Lipinski definition) is 4. The highest BCUT2D eigenvalue weighted by Gasteiger charge is 2.06. The summed E-state index contributed by atoms with van der Waals surface area (Å²) < 4.78 is 10.4. The summed E-state index contributed by atoms with van der Waals surface area (Å²) in [5.41, 5.74) is 2.74. The van der Waals surface area contributed by atoms with Crippen molar-refractivity contribution in [1.82, 2.24) is 5.43 Å². The quantitative estimate of drug-likeness (QED) is 0.335. The van der Waals surface area contributed by atoms with Crippen molar-refractivity contribution in [3.63, 3.8) is 0 Å². The lowest BCUT2D eigenvalue weighted by Gasteiger charge is -2.17. The SMILES string of the molecule is COCCCC(COC(C)C)NN. The summed E-state index contributed by atoms with van der Waals surface area (Å²) in [4.78, 5) is 0. The van der Waals surface area contributed by atoms with Gasteiger partial charge in [0, 0.05) is 19.8 Å². The molecule has 80 valence electrons. The number of nitrogens with two attached hydrogens (primary N) is 1. The maximum atomic E-state index is 5.44. The van der Waals surface area contributed by atoms with E-state index < -0.39 is 0 Å². The molecule has 3 N–H and O–H groups in total. The average molecular weight is 190 g/mol. The Morgan fingerprint density at radius 3 is 2.54 bits per heavy atom. The second kappa shape index (κ2) is 8.44. The van der Waals surface area contributed by atoms with Gasteiger partial charge in [-0.2, -0.15) is 0 Å². The van der Waals surface area contributed by atoms with Crippen LogP contribution in [0.25, 0.3) is 0 Å². The fraction of sp³-hybridized carbons (Fsp3) is 1.00. The highest BCUT2D eigenvalue weighted by Crippen LogP contribution is 1.99. The summed E-state index contributed by atoms with van der Waals surface area (Å²) in [6.07, 6.45) is 2.25. The number of nitrogens with one attached hydrogen (secondary N) is 1. The van der Waals surface area contributed by atoms with Crippen LogP contribution in [-0.2, 0) is 9.47 Å². The van der Waals surface area contributed by atoms with Crippen molar-refractivity contribution in [2.24, 2.45) is 5.84 Å². The molecule has 13 heavy (non-hydrogen) atoms. The van der Waals surface area contributed by atoms with Crippen molar-refractivity contribution in [2.45, 2.75) is 38.8 Å². The third-order valence-electron chi connectivity index (χ3n) is 1.77. The molecule has 0 heterocycles. The highest BCUT2D eigenvalue weighted by molar-refractivity contribution is 4.62. The summed E-state index contributed by atoms with van der Waals surface area (Å²) in [6, 6.07) is 0.234. The van der Waals surface area contributed by atoms with Crippen molar-refractivity contribution in [1.29, 1.82) is 0 Å². The highest BCUT2D eigenvalue weighted by atomic mass is 16.5. The smallest absolute Gasteiger partial charge is 0.0636 e. The van der Waals surface area contributed by atoms with E-state index in [4.69, 9.17) is 15.3 Å². The predicted octanol–water partition coefficient (Wildman–Crippen LogP) is 0.670. The summed E-state index contributed by atoms with van der Waals surface area (Å²) >= 11 is 0. The van der Waals surface area contributed by atoms with Crippen LogP contribution >= 0.6 is 0 Å². The van der Waals surface area contributed by atoms with Gasteiger partial charge in [0.25, 0.3) is 0 Å². The molecule has 0 aliphatic carbocycles. The first kappa shape index (κ1) is 12.8. The normalized spacial score (nSPS) is 13.6. The minimum absolute atomic E-state index is 0.234. The lowest BCUT2D eigenvalue weighted by molar-refractivity contribution is 0.0573. The van der Waals surface area contributed by atoms with Gasteiger partial charge in [0.15, 0.2) is 0 Å². The van der Waals surface area contributed by atoms with Crippen molar-refractivity contribution >= 4 is 0 Å². The van der Waals surface area contributed by atoms with Crippen LogP contribution in [0.3, 0.4) is 0 Å². The molecule has 4 nitrogen and oxygen atoms in total. The Balaban J connectivity index is 3.39. The second-order valence-corrected chi connectivity index (χ2v) is 3.38. The Morgan fingerprint density at radius 1 is 1.38 bits per heavy atom. The molecule has 0 saturated heterocycles. The molecule has 0 spiro atoms. The largest absolute Gasteiger partial charge is 0.385 e. The van der Waals surface area contributed by atoms with Gasteiger partial charge in [-0.3, -0.25) is 11.3 Å². The Kier molecular flexibility index (Phi) is 8.33. The van der Waals surface area contributed by atoms with Crippen LogP contribution in [0, 0.1) is 0 Å². The van der Waals surface area contributed by atoms with E-state index in [2.05, 4.69) is 5.43 Å². The number of hydrogen-bond donors (Lipinski definition) is 2. The molecule has 1 atom stereocenters. The molecule has 0 saturated carbocycles. The Labute approximate surface area is 80.7 Å². The predicted molar refractivity (Wildman–Crippen MR) is 53.3 cm³/mol. The Morgan fingerprint density at radius 2 is 2.08 bits per heavy atom. The molecule has 4 heteroatoms. The third-order valence-corrected chi connectivity index (χ3v) is 1.77. The van der Waals surface area contributed by atoms with Gasteiger partial charge in [-0.1, -0.05) is 0 Å². The van der Waals surface area contributed by atoms with Crippen LogP contribution in [0.2, 0.25) is 0 Å². The molecule has 0 amide bonds. The summed E-state index contributed by atoms with van der Waals surface area (Å²) in [6.45, 7) is 5.48. The van der Waals surface area contributed by atoms with Gasteiger partial charge in [0.1, 0.15) is 0 Å². The van der Waals surface area contributed by atoms with E-state index in [0.717, 1.165) is 19.4 Å². The maximum absolute atomic E-state index is 5.44. The zero-order valence-corrected chi connectivity index (χ0v) is 8.88. The lowest BCUT2D eigenvalue weighted by atomic mass is 10.2. The van der Waals surface area contributed by atoms with E-state index in [0.29, 0.717) is 6.61 Å². The van der Waals surface area contributed by atoms with Crippen LogP contribution in [0.5, 0.6) is 0 Å². The molecule has 0 aromatic heterocycles. The van der Waals surface area contributed by atoms with Gasteiger partial charge in [0.05, 0.1) is 12.7 Å². The van der Waals surface area contributed by atoms with Crippen LogP contribution in [0.15, 0.2) is 0 Å². The van der Waals surface area contributed by atoms with E-state index in [1.165, 1.54) is 0 Å². The molecule has 0 bridgehead atoms. The first-order chi connectivity index (χ1) is 6.20. The van der Waals surface area contributed by atoms with Crippen LogP contribution in [0.4, 0.5) is 0 Å². The fourth-order valence-corrected chi connectivity index (χ4v) is 0.997. The molecule has 0 aromatic carbocycles. The van der Waals surface area contributed by atoms with Gasteiger partial charge in [-0.25, -0.2) is 0 Å². The topological polar surface area (TPSA) is 56.5 Å². The van der Waals surface area contributed by atoms with Crippen molar-refractivity contribution < 1.29 is 9.47 Å². The molecular formula is C9H22N2O2. The molecule has 0 aromatic rings. The van der Waals surface area contributed by atoms with E-state index in [1.54, 1.807) is 7.11 Å². The Bertz CT molecular complexity index is 110. The first-order valence-corrected chi connectivity index (χ1v) is 4.77. The van der Waals surface area contributed by atoms with Gasteiger partial charge in [-0.15, -0.1) is 0 Å². The minimum atomic E-state index is 0.234.